The molecule has 0 saturated carbocycles. The molecule has 0 aliphatic carbocycles. The van der Waals surface area contributed by atoms with Crippen molar-refractivity contribution in [2.45, 2.75) is 5.54 Å². The minimum absolute atomic E-state index is 0.104. The summed E-state index contributed by atoms with van der Waals surface area (Å²) in [6.07, 6.45) is 0. The summed E-state index contributed by atoms with van der Waals surface area (Å²) in [6.45, 7) is 0.166. The van der Waals surface area contributed by atoms with Crippen molar-refractivity contribution >= 4 is 15.9 Å². The first-order valence-electron chi connectivity index (χ1n) is 5.11. The molecular formula is C11H12BrF2NO2. The van der Waals surface area contributed by atoms with Gasteiger partial charge in [-0.3, -0.25) is 0 Å². The van der Waals surface area contributed by atoms with E-state index < -0.39 is 23.1 Å². The predicted octanol–water partition coefficient (Wildman–Crippen LogP) is 1.52. The zero-order chi connectivity index (χ0) is 12.6. The third-order valence-corrected chi connectivity index (χ3v) is 3.73. The molecule has 1 aromatic carbocycles. The van der Waals surface area contributed by atoms with E-state index in [1.54, 1.807) is 0 Å². The lowest BCUT2D eigenvalue weighted by atomic mass is 9.81. The van der Waals surface area contributed by atoms with Crippen molar-refractivity contribution in [2.24, 2.45) is 11.7 Å². The molecule has 3 N–H and O–H groups in total. The molecule has 3 nitrogen and oxygen atoms in total. The lowest BCUT2D eigenvalue weighted by molar-refractivity contribution is 0.160. The standard InChI is InChI=1S/C11H12BrF2NO2/c12-8-1-7(9(13)2-10(8)14)11(15)5-17-4-6(11)3-16/h1-2,6,16H,3-5,15H2. The summed E-state index contributed by atoms with van der Waals surface area (Å²) in [7, 11) is 0. The fourth-order valence-corrected chi connectivity index (χ4v) is 2.37. The zero-order valence-electron chi connectivity index (χ0n) is 8.92. The smallest absolute Gasteiger partial charge is 0.140 e. The van der Waals surface area contributed by atoms with Crippen molar-refractivity contribution in [3.63, 3.8) is 0 Å². The largest absolute Gasteiger partial charge is 0.396 e. The quantitative estimate of drug-likeness (QED) is 0.815. The SMILES string of the molecule is NC1(c2cc(Br)c(F)cc2F)COCC1CO. The highest BCUT2D eigenvalue weighted by molar-refractivity contribution is 9.10. The molecule has 1 fully saturated rings. The fraction of sp³-hybridized carbons (Fsp3) is 0.455. The van der Waals surface area contributed by atoms with Crippen LogP contribution in [0.1, 0.15) is 5.56 Å². The summed E-state index contributed by atoms with van der Waals surface area (Å²) >= 11 is 2.99. The van der Waals surface area contributed by atoms with Crippen LogP contribution in [0.25, 0.3) is 0 Å². The molecule has 1 saturated heterocycles. The molecule has 2 atom stereocenters. The van der Waals surface area contributed by atoms with E-state index in [1.807, 2.05) is 0 Å². The lowest BCUT2D eigenvalue weighted by Gasteiger charge is -2.29. The average Bonchev–Trinajstić information content (AvgIpc) is 2.66. The molecule has 17 heavy (non-hydrogen) atoms. The third kappa shape index (κ3) is 2.10. The van der Waals surface area contributed by atoms with Crippen LogP contribution < -0.4 is 5.73 Å². The van der Waals surface area contributed by atoms with Crippen LogP contribution in [0, 0.1) is 17.6 Å². The van der Waals surface area contributed by atoms with Crippen LogP contribution in [-0.4, -0.2) is 24.9 Å². The van der Waals surface area contributed by atoms with Gasteiger partial charge in [0, 0.05) is 17.5 Å². The summed E-state index contributed by atoms with van der Waals surface area (Å²) in [6, 6.07) is 2.09. The van der Waals surface area contributed by atoms with Crippen LogP contribution in [-0.2, 0) is 10.3 Å². The van der Waals surface area contributed by atoms with Crippen LogP contribution in [0.5, 0.6) is 0 Å². The van der Waals surface area contributed by atoms with Gasteiger partial charge in [0.25, 0.3) is 0 Å². The predicted molar refractivity (Wildman–Crippen MR) is 61.3 cm³/mol. The Hall–Kier alpha value is -0.560. The summed E-state index contributed by atoms with van der Waals surface area (Å²) in [4.78, 5) is 0. The maximum atomic E-state index is 13.8. The Bertz CT molecular complexity index is 444. The van der Waals surface area contributed by atoms with Crippen LogP contribution in [0.3, 0.4) is 0 Å². The van der Waals surface area contributed by atoms with Crippen LogP contribution in [0.2, 0.25) is 0 Å². The van der Waals surface area contributed by atoms with Gasteiger partial charge < -0.3 is 15.6 Å². The Kier molecular flexibility index (Phi) is 3.49. The normalized spacial score (nSPS) is 28.6. The van der Waals surface area contributed by atoms with Gasteiger partial charge in [-0.05, 0) is 22.0 Å². The molecule has 0 aromatic heterocycles. The van der Waals surface area contributed by atoms with Gasteiger partial charge in [-0.25, -0.2) is 8.78 Å². The molecule has 0 amide bonds. The summed E-state index contributed by atoms with van der Waals surface area (Å²) in [5.41, 5.74) is 5.13. The molecule has 1 heterocycles. The first-order chi connectivity index (χ1) is 7.99. The number of hydrogen-bond donors (Lipinski definition) is 2. The average molecular weight is 308 g/mol. The topological polar surface area (TPSA) is 55.5 Å². The van der Waals surface area contributed by atoms with Crippen molar-refractivity contribution < 1.29 is 18.6 Å². The number of ether oxygens (including phenoxy) is 1. The summed E-state index contributed by atoms with van der Waals surface area (Å²) in [5, 5.41) is 9.21. The maximum Gasteiger partial charge on any atom is 0.140 e. The van der Waals surface area contributed by atoms with E-state index in [4.69, 9.17) is 10.5 Å². The van der Waals surface area contributed by atoms with E-state index in [2.05, 4.69) is 15.9 Å². The maximum absolute atomic E-state index is 13.8. The molecule has 6 heteroatoms. The zero-order valence-corrected chi connectivity index (χ0v) is 10.5. The fourth-order valence-electron chi connectivity index (χ4n) is 2.03. The van der Waals surface area contributed by atoms with E-state index in [9.17, 15) is 13.9 Å². The van der Waals surface area contributed by atoms with Crippen molar-refractivity contribution in [2.75, 3.05) is 19.8 Å². The number of aliphatic hydroxyl groups excluding tert-OH is 1. The van der Waals surface area contributed by atoms with Crippen molar-refractivity contribution in [3.05, 3.63) is 33.8 Å². The Balaban J connectivity index is 2.49. The summed E-state index contributed by atoms with van der Waals surface area (Å²) in [5.74, 6) is -1.80. The molecule has 94 valence electrons. The Morgan fingerprint density at radius 3 is 2.82 bits per heavy atom. The van der Waals surface area contributed by atoms with E-state index in [0.717, 1.165) is 6.07 Å². The summed E-state index contributed by atoms with van der Waals surface area (Å²) < 4.78 is 32.2. The highest BCUT2D eigenvalue weighted by Gasteiger charge is 2.43. The van der Waals surface area contributed by atoms with Crippen molar-refractivity contribution in [3.8, 4) is 0 Å². The minimum Gasteiger partial charge on any atom is -0.396 e. The second-order valence-electron chi connectivity index (χ2n) is 4.18. The number of benzene rings is 1. The van der Waals surface area contributed by atoms with Gasteiger partial charge in [0.05, 0.1) is 29.8 Å². The Morgan fingerprint density at radius 1 is 1.47 bits per heavy atom. The van der Waals surface area contributed by atoms with E-state index in [0.29, 0.717) is 0 Å². The molecular weight excluding hydrogens is 296 g/mol. The first-order valence-corrected chi connectivity index (χ1v) is 5.91. The molecule has 1 aliphatic rings. The van der Waals surface area contributed by atoms with Crippen LogP contribution in [0.4, 0.5) is 8.78 Å². The van der Waals surface area contributed by atoms with E-state index in [1.165, 1.54) is 6.07 Å². The minimum atomic E-state index is -1.12. The Labute approximate surface area is 106 Å². The molecule has 2 unspecified atom stereocenters. The van der Waals surface area contributed by atoms with Gasteiger partial charge >= 0.3 is 0 Å². The van der Waals surface area contributed by atoms with Crippen LogP contribution >= 0.6 is 15.9 Å². The number of halogens is 3. The van der Waals surface area contributed by atoms with E-state index in [-0.39, 0.29) is 29.9 Å². The van der Waals surface area contributed by atoms with Gasteiger partial charge in [0.1, 0.15) is 11.6 Å². The molecule has 1 aromatic rings. The van der Waals surface area contributed by atoms with Gasteiger partial charge in [-0.15, -0.1) is 0 Å². The molecule has 1 aliphatic heterocycles. The molecule has 0 radical (unpaired) electrons. The molecule has 0 spiro atoms. The number of rotatable bonds is 2. The monoisotopic (exact) mass is 307 g/mol. The van der Waals surface area contributed by atoms with Crippen molar-refractivity contribution in [1.29, 1.82) is 0 Å². The van der Waals surface area contributed by atoms with E-state index >= 15 is 0 Å². The lowest BCUT2D eigenvalue weighted by Crippen LogP contribution is -2.46. The van der Waals surface area contributed by atoms with Crippen molar-refractivity contribution in [1.82, 2.24) is 0 Å². The second-order valence-corrected chi connectivity index (χ2v) is 5.04. The molecule has 0 bridgehead atoms. The number of aliphatic hydroxyl groups is 1. The number of nitrogens with two attached hydrogens (primary N) is 1. The first kappa shape index (κ1) is 12.9. The second kappa shape index (κ2) is 4.61. The third-order valence-electron chi connectivity index (χ3n) is 3.12. The van der Waals surface area contributed by atoms with Gasteiger partial charge in [0.15, 0.2) is 0 Å². The Morgan fingerprint density at radius 2 is 2.18 bits per heavy atom. The molecule has 2 rings (SSSR count). The highest BCUT2D eigenvalue weighted by atomic mass is 79.9. The van der Waals surface area contributed by atoms with Gasteiger partial charge in [-0.1, -0.05) is 0 Å². The number of hydrogen-bond acceptors (Lipinski definition) is 3. The van der Waals surface area contributed by atoms with Gasteiger partial charge in [-0.2, -0.15) is 0 Å². The van der Waals surface area contributed by atoms with Gasteiger partial charge in [0.2, 0.25) is 0 Å². The highest BCUT2D eigenvalue weighted by Crippen LogP contribution is 2.36. The van der Waals surface area contributed by atoms with Crippen LogP contribution in [0.15, 0.2) is 16.6 Å².